The second-order valence-electron chi connectivity index (χ2n) is 7.24. The van der Waals surface area contributed by atoms with Gasteiger partial charge >= 0.3 is 0 Å². The van der Waals surface area contributed by atoms with Crippen molar-refractivity contribution >= 4 is 39.2 Å². The summed E-state index contributed by atoms with van der Waals surface area (Å²) >= 11 is 0. The maximum atomic E-state index is 12.3. The number of amides is 1. The lowest BCUT2D eigenvalue weighted by Gasteiger charge is -2.28. The van der Waals surface area contributed by atoms with E-state index >= 15 is 0 Å². The molecule has 6 nitrogen and oxygen atoms in total. The number of furan rings is 1. The van der Waals surface area contributed by atoms with Crippen LogP contribution in [0.25, 0.3) is 21.9 Å². The van der Waals surface area contributed by atoms with E-state index in [0.717, 1.165) is 59.6 Å². The van der Waals surface area contributed by atoms with Crippen LogP contribution >= 0.6 is 0 Å². The van der Waals surface area contributed by atoms with Gasteiger partial charge in [0.1, 0.15) is 16.9 Å². The number of nitrogens with zero attached hydrogens (tertiary/aromatic N) is 1. The molecule has 1 aromatic heterocycles. The van der Waals surface area contributed by atoms with E-state index in [1.165, 1.54) is 0 Å². The molecule has 30 heavy (non-hydrogen) atoms. The molecule has 0 radical (unpaired) electrons. The third kappa shape index (κ3) is 3.82. The van der Waals surface area contributed by atoms with Gasteiger partial charge in [-0.3, -0.25) is 4.79 Å². The zero-order chi connectivity index (χ0) is 20.3. The smallest absolute Gasteiger partial charge is 0.262 e. The second-order valence-corrected chi connectivity index (χ2v) is 7.24. The molecule has 1 saturated heterocycles. The highest BCUT2D eigenvalue weighted by molar-refractivity contribution is 6.05. The molecule has 1 amide bonds. The number of rotatable bonds is 5. The van der Waals surface area contributed by atoms with Gasteiger partial charge in [0.25, 0.3) is 5.91 Å². The molecular formula is C24H22N2O4. The summed E-state index contributed by atoms with van der Waals surface area (Å²) in [5, 5.41) is 4.88. The number of fused-ring (bicyclic) bond motifs is 3. The first-order valence-corrected chi connectivity index (χ1v) is 10.0. The normalized spacial score (nSPS) is 14.2. The predicted molar refractivity (Wildman–Crippen MR) is 117 cm³/mol. The number of nitrogens with one attached hydrogen (secondary N) is 1. The Morgan fingerprint density at radius 2 is 1.70 bits per heavy atom. The van der Waals surface area contributed by atoms with Crippen LogP contribution in [0.4, 0.5) is 11.4 Å². The minimum absolute atomic E-state index is 0.0630. The fraction of sp³-hybridized carbons (Fsp3) is 0.208. The van der Waals surface area contributed by atoms with Crippen LogP contribution in [-0.4, -0.2) is 38.8 Å². The molecule has 1 N–H and O–H groups in total. The Kier molecular flexibility index (Phi) is 4.99. The Bertz CT molecular complexity index is 1180. The summed E-state index contributed by atoms with van der Waals surface area (Å²) in [6.45, 7) is 3.20. The van der Waals surface area contributed by atoms with Gasteiger partial charge in [-0.25, -0.2) is 0 Å². The van der Waals surface area contributed by atoms with Crippen LogP contribution < -0.4 is 15.0 Å². The summed E-state index contributed by atoms with van der Waals surface area (Å²) in [5.41, 5.74) is 3.52. The first-order valence-electron chi connectivity index (χ1n) is 10.0. The van der Waals surface area contributed by atoms with Gasteiger partial charge in [-0.15, -0.1) is 0 Å². The van der Waals surface area contributed by atoms with E-state index in [2.05, 4.69) is 10.2 Å². The number of morpholine rings is 1. The van der Waals surface area contributed by atoms with Gasteiger partial charge in [0, 0.05) is 35.2 Å². The van der Waals surface area contributed by atoms with Gasteiger partial charge in [-0.1, -0.05) is 18.2 Å². The van der Waals surface area contributed by atoms with E-state index in [1.54, 1.807) is 0 Å². The minimum Gasteiger partial charge on any atom is -0.484 e. The molecule has 0 saturated carbocycles. The molecular weight excluding hydrogens is 380 g/mol. The van der Waals surface area contributed by atoms with Gasteiger partial charge in [-0.2, -0.15) is 0 Å². The van der Waals surface area contributed by atoms with Crippen LogP contribution in [0.15, 0.2) is 71.1 Å². The lowest BCUT2D eigenvalue weighted by atomic mass is 10.1. The van der Waals surface area contributed by atoms with E-state index in [9.17, 15) is 4.79 Å². The zero-order valence-corrected chi connectivity index (χ0v) is 16.5. The molecule has 1 aliphatic heterocycles. The van der Waals surface area contributed by atoms with Crippen molar-refractivity contribution in [3.63, 3.8) is 0 Å². The lowest BCUT2D eigenvalue weighted by molar-refractivity contribution is -0.118. The number of benzene rings is 3. The number of ether oxygens (including phenoxy) is 2. The van der Waals surface area contributed by atoms with Crippen molar-refractivity contribution in [1.29, 1.82) is 0 Å². The highest BCUT2D eigenvalue weighted by atomic mass is 16.5. The summed E-state index contributed by atoms with van der Waals surface area (Å²) in [6, 6.07) is 21.3. The molecule has 0 spiro atoms. The highest BCUT2D eigenvalue weighted by Crippen LogP contribution is 2.31. The van der Waals surface area contributed by atoms with E-state index in [0.29, 0.717) is 5.75 Å². The summed E-state index contributed by atoms with van der Waals surface area (Å²) in [5.74, 6) is 0.429. The molecule has 1 fully saturated rings. The van der Waals surface area contributed by atoms with E-state index in [1.807, 2.05) is 66.7 Å². The largest absolute Gasteiger partial charge is 0.484 e. The quantitative estimate of drug-likeness (QED) is 0.535. The van der Waals surface area contributed by atoms with Gasteiger partial charge in [-0.05, 0) is 48.5 Å². The van der Waals surface area contributed by atoms with Crippen molar-refractivity contribution in [3.8, 4) is 5.75 Å². The number of anilines is 2. The molecule has 1 aliphatic rings. The molecule has 0 unspecified atom stereocenters. The first-order chi connectivity index (χ1) is 14.8. The average molecular weight is 402 g/mol. The molecule has 0 aliphatic carbocycles. The van der Waals surface area contributed by atoms with Crippen molar-refractivity contribution in [2.24, 2.45) is 0 Å². The molecule has 6 heteroatoms. The zero-order valence-electron chi connectivity index (χ0n) is 16.5. The van der Waals surface area contributed by atoms with Crippen LogP contribution in [0.3, 0.4) is 0 Å². The number of carbonyl (C=O) groups excluding carboxylic acids is 1. The van der Waals surface area contributed by atoms with E-state index < -0.39 is 0 Å². The van der Waals surface area contributed by atoms with Gasteiger partial charge in [0.2, 0.25) is 0 Å². The lowest BCUT2D eigenvalue weighted by Crippen LogP contribution is -2.36. The molecule has 0 atom stereocenters. The van der Waals surface area contributed by atoms with Crippen LogP contribution in [0.1, 0.15) is 0 Å². The second kappa shape index (κ2) is 8.08. The Hall–Kier alpha value is -3.51. The first kappa shape index (κ1) is 18.5. The van der Waals surface area contributed by atoms with Crippen molar-refractivity contribution in [1.82, 2.24) is 0 Å². The third-order valence-corrected chi connectivity index (χ3v) is 5.25. The summed E-state index contributed by atoms with van der Waals surface area (Å²) in [6.07, 6.45) is 0. The van der Waals surface area contributed by atoms with Crippen molar-refractivity contribution < 1.29 is 18.7 Å². The maximum absolute atomic E-state index is 12.3. The van der Waals surface area contributed by atoms with Crippen LogP contribution in [0, 0.1) is 0 Å². The Labute approximate surface area is 174 Å². The third-order valence-electron chi connectivity index (χ3n) is 5.25. The molecule has 3 aromatic carbocycles. The Morgan fingerprint density at radius 1 is 0.933 bits per heavy atom. The molecule has 4 aromatic rings. The maximum Gasteiger partial charge on any atom is 0.262 e. The minimum atomic E-state index is -0.203. The Morgan fingerprint density at radius 3 is 2.53 bits per heavy atom. The molecule has 2 heterocycles. The number of carbonyl (C=O) groups is 1. The SMILES string of the molecule is O=C(COc1ccc2oc3ccccc3c2c1)Nc1ccc(N2CCOCC2)cc1. The summed E-state index contributed by atoms with van der Waals surface area (Å²) < 4.78 is 16.9. The number of hydrogen-bond acceptors (Lipinski definition) is 5. The van der Waals surface area contributed by atoms with Gasteiger partial charge < -0.3 is 24.1 Å². The molecule has 152 valence electrons. The van der Waals surface area contributed by atoms with Crippen molar-refractivity contribution in [2.75, 3.05) is 43.1 Å². The van der Waals surface area contributed by atoms with Crippen molar-refractivity contribution in [2.45, 2.75) is 0 Å². The predicted octanol–water partition coefficient (Wildman–Crippen LogP) is 4.44. The fourth-order valence-corrected chi connectivity index (χ4v) is 3.72. The standard InChI is InChI=1S/C24H22N2O4/c27-24(25-17-5-7-18(8-6-17)26-11-13-28-14-12-26)16-29-19-9-10-23-21(15-19)20-3-1-2-4-22(20)30-23/h1-10,15H,11-14,16H2,(H,25,27). The van der Waals surface area contributed by atoms with Crippen LogP contribution in [0.5, 0.6) is 5.75 Å². The topological polar surface area (TPSA) is 63.9 Å². The fourth-order valence-electron chi connectivity index (χ4n) is 3.72. The van der Waals surface area contributed by atoms with Crippen LogP contribution in [0.2, 0.25) is 0 Å². The van der Waals surface area contributed by atoms with Gasteiger partial charge in [0.05, 0.1) is 13.2 Å². The van der Waals surface area contributed by atoms with Crippen LogP contribution in [-0.2, 0) is 9.53 Å². The molecule has 5 rings (SSSR count). The monoisotopic (exact) mass is 402 g/mol. The summed E-state index contributed by atoms with van der Waals surface area (Å²) in [4.78, 5) is 14.6. The van der Waals surface area contributed by atoms with Crippen molar-refractivity contribution in [3.05, 3.63) is 66.7 Å². The number of para-hydroxylation sites is 1. The van der Waals surface area contributed by atoms with E-state index in [4.69, 9.17) is 13.9 Å². The highest BCUT2D eigenvalue weighted by Gasteiger charge is 2.12. The van der Waals surface area contributed by atoms with E-state index in [-0.39, 0.29) is 12.5 Å². The Balaban J connectivity index is 1.21. The van der Waals surface area contributed by atoms with Gasteiger partial charge in [0.15, 0.2) is 6.61 Å². The molecule has 0 bridgehead atoms. The number of hydrogen-bond donors (Lipinski definition) is 1. The average Bonchev–Trinajstić information content (AvgIpc) is 3.17. The summed E-state index contributed by atoms with van der Waals surface area (Å²) in [7, 11) is 0.